The molecule has 2 aromatic heterocycles. The van der Waals surface area contributed by atoms with E-state index in [1.165, 1.54) is 11.1 Å². The van der Waals surface area contributed by atoms with Crippen LogP contribution >= 0.6 is 24.0 Å². The predicted molar refractivity (Wildman–Crippen MR) is 141 cm³/mol. The minimum Gasteiger partial charge on any atom is -0.356 e. The third-order valence-electron chi connectivity index (χ3n) is 5.69. The zero-order valence-electron chi connectivity index (χ0n) is 18.7. The van der Waals surface area contributed by atoms with Crippen LogP contribution in [0.25, 0.3) is 0 Å². The lowest BCUT2D eigenvalue weighted by Gasteiger charge is -2.33. The Morgan fingerprint density at radius 1 is 1.09 bits per heavy atom. The van der Waals surface area contributed by atoms with E-state index in [2.05, 4.69) is 78.4 Å². The number of piperidine rings is 1. The van der Waals surface area contributed by atoms with Crippen molar-refractivity contribution < 1.29 is 0 Å². The van der Waals surface area contributed by atoms with Crippen LogP contribution in [0.15, 0.2) is 66.0 Å². The molecule has 0 bridgehead atoms. The molecule has 2 N–H and O–H groups in total. The molecule has 0 unspecified atom stereocenters. The number of anilines is 1. The summed E-state index contributed by atoms with van der Waals surface area (Å²) in [6.45, 7) is 5.50. The van der Waals surface area contributed by atoms with Gasteiger partial charge in [-0.2, -0.15) is 0 Å². The predicted octanol–water partition coefficient (Wildman–Crippen LogP) is 3.59. The second kappa shape index (κ2) is 11.8. The molecule has 4 rings (SSSR count). The van der Waals surface area contributed by atoms with Crippen molar-refractivity contribution in [1.82, 2.24) is 25.2 Å². The highest BCUT2D eigenvalue weighted by Gasteiger charge is 2.21. The fourth-order valence-electron chi connectivity index (χ4n) is 3.88. The Balaban J connectivity index is 0.00000289. The van der Waals surface area contributed by atoms with Crippen LogP contribution < -0.4 is 15.5 Å². The monoisotopic (exact) mass is 545 g/mol. The van der Waals surface area contributed by atoms with Gasteiger partial charge in [-0.3, -0.25) is 4.99 Å². The van der Waals surface area contributed by atoms with Crippen LogP contribution in [0.2, 0.25) is 0 Å². The summed E-state index contributed by atoms with van der Waals surface area (Å²) in [5, 5.41) is 7.00. The van der Waals surface area contributed by atoms with Gasteiger partial charge in [-0.05, 0) is 37.0 Å². The molecule has 3 heterocycles. The third kappa shape index (κ3) is 6.44. The Kier molecular flexibility index (Phi) is 8.90. The number of hydrogen-bond donors (Lipinski definition) is 2. The highest BCUT2D eigenvalue weighted by Crippen LogP contribution is 2.18. The quantitative estimate of drug-likeness (QED) is 0.282. The second-order valence-electron chi connectivity index (χ2n) is 7.98. The SMILES string of the molecule is CN=C(NCc1nccn1Cc1ccccc1)NC1CCN(c2ccc(C)cn2)CC1.I. The summed E-state index contributed by atoms with van der Waals surface area (Å²) in [4.78, 5) is 15.8. The number of guanidine groups is 1. The van der Waals surface area contributed by atoms with E-state index < -0.39 is 0 Å². The topological polar surface area (TPSA) is 70.4 Å². The number of rotatable bonds is 6. The van der Waals surface area contributed by atoms with E-state index in [-0.39, 0.29) is 24.0 Å². The number of nitrogens with one attached hydrogen (secondary N) is 2. The summed E-state index contributed by atoms with van der Waals surface area (Å²) < 4.78 is 2.17. The Morgan fingerprint density at radius 3 is 2.56 bits per heavy atom. The van der Waals surface area contributed by atoms with E-state index in [1.807, 2.05) is 31.7 Å². The number of nitrogens with zero attached hydrogens (tertiary/aromatic N) is 5. The summed E-state index contributed by atoms with van der Waals surface area (Å²) in [6, 6.07) is 15.1. The number of halogens is 1. The van der Waals surface area contributed by atoms with Crippen molar-refractivity contribution in [3.8, 4) is 0 Å². The zero-order valence-corrected chi connectivity index (χ0v) is 21.1. The van der Waals surface area contributed by atoms with Gasteiger partial charge in [0, 0.05) is 51.3 Å². The van der Waals surface area contributed by atoms with E-state index in [0.29, 0.717) is 12.6 Å². The average molecular weight is 545 g/mol. The Bertz CT molecular complexity index is 977. The minimum absolute atomic E-state index is 0. The van der Waals surface area contributed by atoms with Crippen molar-refractivity contribution in [3.63, 3.8) is 0 Å². The van der Waals surface area contributed by atoms with Gasteiger partial charge in [0.05, 0.1) is 6.54 Å². The Morgan fingerprint density at radius 2 is 1.88 bits per heavy atom. The standard InChI is InChI=1S/C24H31N7.HI/c1-19-8-9-22(27-16-19)30-13-10-21(11-14-30)29-24(25-2)28-17-23-26-12-15-31(23)18-20-6-4-3-5-7-20;/h3-9,12,15-16,21H,10-11,13-14,17-18H2,1-2H3,(H2,25,28,29);1H. The number of aryl methyl sites for hydroxylation is 1. The highest BCUT2D eigenvalue weighted by atomic mass is 127. The largest absolute Gasteiger partial charge is 0.356 e. The van der Waals surface area contributed by atoms with Gasteiger partial charge in [-0.25, -0.2) is 9.97 Å². The molecule has 32 heavy (non-hydrogen) atoms. The molecule has 1 aliphatic rings. The van der Waals surface area contributed by atoms with Gasteiger partial charge in [0.2, 0.25) is 0 Å². The van der Waals surface area contributed by atoms with E-state index in [0.717, 1.165) is 50.1 Å². The van der Waals surface area contributed by atoms with Crippen LogP contribution in [-0.2, 0) is 13.1 Å². The fraction of sp³-hybridized carbons (Fsp3) is 0.375. The molecule has 1 aromatic carbocycles. The molecule has 0 atom stereocenters. The number of hydrogen-bond acceptors (Lipinski definition) is 4. The van der Waals surface area contributed by atoms with Gasteiger partial charge in [-0.1, -0.05) is 36.4 Å². The zero-order chi connectivity index (χ0) is 21.5. The van der Waals surface area contributed by atoms with Crippen LogP contribution in [-0.4, -0.2) is 46.7 Å². The first-order chi connectivity index (χ1) is 15.2. The molecule has 8 heteroatoms. The van der Waals surface area contributed by atoms with Gasteiger partial charge >= 0.3 is 0 Å². The fourth-order valence-corrected chi connectivity index (χ4v) is 3.88. The number of pyridine rings is 1. The number of aromatic nitrogens is 3. The number of imidazole rings is 1. The van der Waals surface area contributed by atoms with E-state index in [4.69, 9.17) is 0 Å². The van der Waals surface area contributed by atoms with Gasteiger partial charge in [0.15, 0.2) is 5.96 Å². The van der Waals surface area contributed by atoms with Crippen molar-refractivity contribution >= 4 is 35.8 Å². The summed E-state index contributed by atoms with van der Waals surface area (Å²) >= 11 is 0. The number of aliphatic imine (C=N–C) groups is 1. The Hall–Kier alpha value is -2.62. The lowest BCUT2D eigenvalue weighted by molar-refractivity contribution is 0.459. The molecule has 0 spiro atoms. The highest BCUT2D eigenvalue weighted by molar-refractivity contribution is 14.0. The van der Waals surface area contributed by atoms with Gasteiger partial charge in [0.1, 0.15) is 11.6 Å². The number of benzene rings is 1. The van der Waals surface area contributed by atoms with Crippen LogP contribution in [0.4, 0.5) is 5.82 Å². The maximum atomic E-state index is 4.56. The summed E-state index contributed by atoms with van der Waals surface area (Å²) in [5.41, 5.74) is 2.46. The summed E-state index contributed by atoms with van der Waals surface area (Å²) in [5.74, 6) is 2.88. The van der Waals surface area contributed by atoms with E-state index in [1.54, 1.807) is 0 Å². The lowest BCUT2D eigenvalue weighted by atomic mass is 10.1. The van der Waals surface area contributed by atoms with E-state index in [9.17, 15) is 0 Å². The van der Waals surface area contributed by atoms with Gasteiger partial charge in [-0.15, -0.1) is 24.0 Å². The normalized spacial score (nSPS) is 14.7. The molecule has 0 radical (unpaired) electrons. The third-order valence-corrected chi connectivity index (χ3v) is 5.69. The van der Waals surface area contributed by atoms with Crippen molar-refractivity contribution in [3.05, 3.63) is 78.0 Å². The first kappa shape index (κ1) is 24.0. The van der Waals surface area contributed by atoms with Crippen molar-refractivity contribution in [2.24, 2.45) is 4.99 Å². The minimum atomic E-state index is 0. The van der Waals surface area contributed by atoms with Crippen LogP contribution in [0.1, 0.15) is 29.8 Å². The molecule has 0 saturated carbocycles. The second-order valence-corrected chi connectivity index (χ2v) is 7.98. The molecule has 0 amide bonds. The maximum Gasteiger partial charge on any atom is 0.191 e. The van der Waals surface area contributed by atoms with Crippen LogP contribution in [0.3, 0.4) is 0 Å². The Labute approximate surface area is 207 Å². The summed E-state index contributed by atoms with van der Waals surface area (Å²) in [6.07, 6.45) is 7.92. The molecule has 170 valence electrons. The molecule has 1 saturated heterocycles. The molecule has 7 nitrogen and oxygen atoms in total. The van der Waals surface area contributed by atoms with E-state index >= 15 is 0 Å². The molecule has 3 aromatic rings. The molecule has 1 aliphatic heterocycles. The first-order valence-corrected chi connectivity index (χ1v) is 10.9. The van der Waals surface area contributed by atoms with Crippen molar-refractivity contribution in [2.45, 2.75) is 38.9 Å². The first-order valence-electron chi connectivity index (χ1n) is 10.9. The molecule has 1 fully saturated rings. The van der Waals surface area contributed by atoms with Crippen LogP contribution in [0, 0.1) is 6.92 Å². The molecular weight excluding hydrogens is 513 g/mol. The van der Waals surface area contributed by atoms with Crippen LogP contribution in [0.5, 0.6) is 0 Å². The molecule has 0 aliphatic carbocycles. The van der Waals surface area contributed by atoms with Crippen molar-refractivity contribution in [1.29, 1.82) is 0 Å². The van der Waals surface area contributed by atoms with Crippen molar-refractivity contribution in [2.75, 3.05) is 25.0 Å². The van der Waals surface area contributed by atoms with Gasteiger partial charge < -0.3 is 20.1 Å². The maximum absolute atomic E-state index is 4.56. The lowest BCUT2D eigenvalue weighted by Crippen LogP contribution is -2.48. The average Bonchev–Trinajstić information content (AvgIpc) is 3.25. The van der Waals surface area contributed by atoms with Gasteiger partial charge in [0.25, 0.3) is 0 Å². The summed E-state index contributed by atoms with van der Waals surface area (Å²) in [7, 11) is 1.82. The smallest absolute Gasteiger partial charge is 0.191 e. The molecular formula is C24H32IN7.